The van der Waals surface area contributed by atoms with Crippen LogP contribution in [0, 0.1) is 5.82 Å². The molecule has 0 bridgehead atoms. The number of nitrogens with zero attached hydrogens (tertiary/aromatic N) is 3. The minimum Gasteiger partial charge on any atom is -0.358 e. The molecule has 3 aromatic carbocycles. The summed E-state index contributed by atoms with van der Waals surface area (Å²) in [4.78, 5) is 33.5. The van der Waals surface area contributed by atoms with Gasteiger partial charge in [0.25, 0.3) is 5.91 Å². The summed E-state index contributed by atoms with van der Waals surface area (Å²) in [6.07, 6.45) is 0. The largest absolute Gasteiger partial charge is 0.358 e. The van der Waals surface area contributed by atoms with Gasteiger partial charge in [-0.25, -0.2) is 9.18 Å². The van der Waals surface area contributed by atoms with Gasteiger partial charge in [-0.2, -0.15) is 0 Å². The van der Waals surface area contributed by atoms with Gasteiger partial charge in [-0.3, -0.25) is 14.7 Å². The molecule has 174 valence electrons. The van der Waals surface area contributed by atoms with Crippen LogP contribution in [0.2, 0.25) is 5.02 Å². The number of hydrogen-bond acceptors (Lipinski definition) is 4. The van der Waals surface area contributed by atoms with E-state index in [0.29, 0.717) is 16.4 Å². The zero-order valence-corrected chi connectivity index (χ0v) is 19.2. The molecule has 0 saturated heterocycles. The number of carbonyl (C=O) groups excluding carboxylic acids is 2. The zero-order valence-electron chi connectivity index (χ0n) is 18.4. The second-order valence-electron chi connectivity index (χ2n) is 7.80. The number of nitrogens with one attached hydrogen (secondary N) is 1. The van der Waals surface area contributed by atoms with Crippen LogP contribution in [0.3, 0.4) is 0 Å². The van der Waals surface area contributed by atoms with Crippen molar-refractivity contribution in [2.45, 2.75) is 6.04 Å². The van der Waals surface area contributed by atoms with Gasteiger partial charge in [0.2, 0.25) is 0 Å². The van der Waals surface area contributed by atoms with Gasteiger partial charge >= 0.3 is 6.03 Å². The Bertz CT molecular complexity index is 1230. The Labute approximate surface area is 201 Å². The Kier molecular flexibility index (Phi) is 6.79. The summed E-state index contributed by atoms with van der Waals surface area (Å²) in [5.74, 6) is -0.382. The third-order valence-corrected chi connectivity index (χ3v) is 5.77. The lowest BCUT2D eigenvalue weighted by Crippen LogP contribution is -2.44. The summed E-state index contributed by atoms with van der Waals surface area (Å²) in [7, 11) is 1.97. The number of aliphatic imine (C=N–C) groups is 1. The van der Waals surface area contributed by atoms with Crippen molar-refractivity contribution in [2.75, 3.05) is 30.4 Å². The van der Waals surface area contributed by atoms with Crippen LogP contribution in [0.4, 0.5) is 20.6 Å². The topological polar surface area (TPSA) is 91.0 Å². The number of urea groups is 1. The van der Waals surface area contributed by atoms with Crippen molar-refractivity contribution in [3.63, 3.8) is 0 Å². The first-order chi connectivity index (χ1) is 16.3. The van der Waals surface area contributed by atoms with Crippen molar-refractivity contribution < 1.29 is 14.0 Å². The summed E-state index contributed by atoms with van der Waals surface area (Å²) >= 11 is 5.97. The van der Waals surface area contributed by atoms with E-state index in [0.717, 1.165) is 29.4 Å². The molecule has 34 heavy (non-hydrogen) atoms. The Morgan fingerprint density at radius 2 is 1.76 bits per heavy atom. The van der Waals surface area contributed by atoms with Crippen LogP contribution < -0.4 is 16.0 Å². The molecule has 0 saturated carbocycles. The quantitative estimate of drug-likeness (QED) is 0.547. The smallest absolute Gasteiger partial charge is 0.320 e. The first-order valence-electron chi connectivity index (χ1n) is 10.6. The van der Waals surface area contributed by atoms with Gasteiger partial charge in [0.1, 0.15) is 17.7 Å². The summed E-state index contributed by atoms with van der Waals surface area (Å²) in [5.41, 5.74) is 7.38. The maximum atomic E-state index is 14.8. The zero-order chi connectivity index (χ0) is 24.2. The molecule has 1 atom stereocenters. The average molecular weight is 480 g/mol. The molecule has 0 spiro atoms. The molecule has 0 radical (unpaired) electrons. The van der Waals surface area contributed by atoms with Crippen LogP contribution in [0.1, 0.15) is 17.2 Å². The van der Waals surface area contributed by atoms with Crippen molar-refractivity contribution in [1.29, 1.82) is 0 Å². The van der Waals surface area contributed by atoms with Gasteiger partial charge in [-0.1, -0.05) is 29.8 Å². The number of benzene rings is 3. The number of amides is 3. The van der Waals surface area contributed by atoms with E-state index in [4.69, 9.17) is 17.3 Å². The fourth-order valence-electron chi connectivity index (χ4n) is 3.86. The number of carbonyl (C=O) groups is 2. The fraction of sp³-hybridized carbons (Fsp3) is 0.160. The van der Waals surface area contributed by atoms with Gasteiger partial charge < -0.3 is 16.0 Å². The molecule has 3 N–H and O–H groups in total. The van der Waals surface area contributed by atoms with Crippen LogP contribution in [0.25, 0.3) is 0 Å². The lowest BCUT2D eigenvalue weighted by atomic mass is 10.0. The lowest BCUT2D eigenvalue weighted by Gasteiger charge is -2.30. The Balaban J connectivity index is 1.67. The van der Waals surface area contributed by atoms with E-state index in [1.54, 1.807) is 42.5 Å². The number of rotatable bonds is 6. The van der Waals surface area contributed by atoms with Crippen LogP contribution in [-0.2, 0) is 4.79 Å². The van der Waals surface area contributed by atoms with Crippen LogP contribution in [0.15, 0.2) is 77.8 Å². The second-order valence-corrected chi connectivity index (χ2v) is 8.24. The number of hydrogen-bond donors (Lipinski definition) is 2. The third kappa shape index (κ3) is 4.87. The first-order valence-corrected chi connectivity index (χ1v) is 11.0. The highest BCUT2D eigenvalue weighted by molar-refractivity contribution is 6.30. The highest BCUT2D eigenvalue weighted by Gasteiger charge is 2.33. The second kappa shape index (κ2) is 9.93. The molecule has 1 aliphatic heterocycles. The van der Waals surface area contributed by atoms with Crippen molar-refractivity contribution in [3.05, 3.63) is 94.8 Å². The van der Waals surface area contributed by atoms with Crippen molar-refractivity contribution in [3.8, 4) is 0 Å². The molecule has 3 aromatic rings. The van der Waals surface area contributed by atoms with E-state index in [1.165, 1.54) is 18.2 Å². The molecule has 1 aliphatic rings. The van der Waals surface area contributed by atoms with Crippen molar-refractivity contribution in [2.24, 2.45) is 10.7 Å². The fourth-order valence-corrected chi connectivity index (χ4v) is 3.98. The molecular weight excluding hydrogens is 457 g/mol. The van der Waals surface area contributed by atoms with Gasteiger partial charge in [-0.05, 0) is 54.6 Å². The number of nitrogens with two attached hydrogens (primary N) is 1. The molecule has 7 nitrogen and oxygen atoms in total. The minimum absolute atomic E-state index is 0.00676. The molecule has 1 unspecified atom stereocenters. The molecule has 1 heterocycles. The average Bonchev–Trinajstić information content (AvgIpc) is 3.25. The SMILES string of the molecule is CN1CCN=C1c1ccc(NC(=O)C(c2ccccc2F)N(C(N)=O)c2ccc(Cl)cc2)cc1. The monoisotopic (exact) mass is 479 g/mol. The summed E-state index contributed by atoms with van der Waals surface area (Å²) in [5, 5.41) is 3.22. The third-order valence-electron chi connectivity index (χ3n) is 5.52. The van der Waals surface area contributed by atoms with Crippen LogP contribution >= 0.6 is 11.6 Å². The first kappa shape index (κ1) is 23.3. The molecular formula is C25H23ClFN5O2. The minimum atomic E-state index is -1.36. The van der Waals surface area contributed by atoms with E-state index in [1.807, 2.05) is 19.2 Å². The predicted octanol–water partition coefficient (Wildman–Crippen LogP) is 4.44. The van der Waals surface area contributed by atoms with E-state index < -0.39 is 23.8 Å². The van der Waals surface area contributed by atoms with Gasteiger partial charge in [0.15, 0.2) is 0 Å². The molecule has 0 aliphatic carbocycles. The summed E-state index contributed by atoms with van der Waals surface area (Å²) in [6.45, 7) is 1.59. The predicted molar refractivity (Wildman–Crippen MR) is 132 cm³/mol. The molecule has 9 heteroatoms. The normalized spacial score (nSPS) is 13.9. The van der Waals surface area contributed by atoms with Gasteiger partial charge in [0.05, 0.1) is 6.54 Å². The van der Waals surface area contributed by atoms with E-state index >= 15 is 0 Å². The summed E-state index contributed by atoms with van der Waals surface area (Å²) < 4.78 is 14.8. The van der Waals surface area contributed by atoms with Crippen LogP contribution in [-0.4, -0.2) is 42.8 Å². The number of amidine groups is 1. The number of primary amides is 1. The van der Waals surface area contributed by atoms with Crippen LogP contribution in [0.5, 0.6) is 0 Å². The Hall–Kier alpha value is -3.91. The van der Waals surface area contributed by atoms with E-state index in [2.05, 4.69) is 15.2 Å². The maximum Gasteiger partial charge on any atom is 0.320 e. The Morgan fingerprint density at radius 1 is 1.09 bits per heavy atom. The lowest BCUT2D eigenvalue weighted by molar-refractivity contribution is -0.117. The van der Waals surface area contributed by atoms with E-state index in [-0.39, 0.29) is 5.56 Å². The molecule has 0 fully saturated rings. The molecule has 3 amide bonds. The molecule has 4 rings (SSSR count). The number of halogens is 2. The number of likely N-dealkylation sites (N-methyl/N-ethyl adjacent to an activating group) is 1. The van der Waals surface area contributed by atoms with Gasteiger partial charge in [0, 0.05) is 41.1 Å². The van der Waals surface area contributed by atoms with Crippen molar-refractivity contribution >= 4 is 40.7 Å². The Morgan fingerprint density at radius 3 is 2.35 bits per heavy atom. The van der Waals surface area contributed by atoms with E-state index in [9.17, 15) is 14.0 Å². The van der Waals surface area contributed by atoms with Crippen molar-refractivity contribution in [1.82, 2.24) is 4.90 Å². The highest BCUT2D eigenvalue weighted by Crippen LogP contribution is 2.31. The summed E-state index contributed by atoms with van der Waals surface area (Å²) in [6, 6.07) is 16.9. The maximum absolute atomic E-state index is 14.8. The highest BCUT2D eigenvalue weighted by atomic mass is 35.5. The molecule has 0 aromatic heterocycles. The van der Waals surface area contributed by atoms with Gasteiger partial charge in [-0.15, -0.1) is 0 Å². The standard InChI is InChI=1S/C25H23ClFN5O2/c1-31-15-14-29-23(31)16-6-10-18(11-7-16)30-24(33)22(20-4-2-3-5-21(20)27)32(25(28)34)19-12-8-17(26)9-13-19/h2-13,22H,14-15H2,1H3,(H2,28,34)(H,30,33). The number of anilines is 2.